The zero-order chi connectivity index (χ0) is 14.0. The molecule has 19 heavy (non-hydrogen) atoms. The first kappa shape index (κ1) is 13.1. The number of hydrogen-bond acceptors (Lipinski definition) is 3. The van der Waals surface area contributed by atoms with Crippen molar-refractivity contribution in [2.75, 3.05) is 5.32 Å². The number of rotatable bonds is 2. The van der Waals surface area contributed by atoms with Gasteiger partial charge in [0.2, 0.25) is 0 Å². The van der Waals surface area contributed by atoms with Gasteiger partial charge in [-0.15, -0.1) is 0 Å². The van der Waals surface area contributed by atoms with Crippen LogP contribution in [0.15, 0.2) is 34.9 Å². The number of anilines is 1. The van der Waals surface area contributed by atoms with Crippen molar-refractivity contribution in [3.05, 3.63) is 47.7 Å². The second kappa shape index (κ2) is 4.75. The Kier molecular flexibility index (Phi) is 3.28. The van der Waals surface area contributed by atoms with Gasteiger partial charge in [-0.1, -0.05) is 0 Å². The van der Waals surface area contributed by atoms with Crippen LogP contribution in [-0.4, -0.2) is 10.9 Å². The molecule has 2 aromatic rings. The van der Waals surface area contributed by atoms with Gasteiger partial charge in [0, 0.05) is 5.69 Å². The second-order valence-electron chi connectivity index (χ2n) is 3.81. The lowest BCUT2D eigenvalue weighted by Gasteiger charge is -2.07. The quantitative estimate of drug-likeness (QED) is 0.911. The zero-order valence-corrected chi connectivity index (χ0v) is 9.78. The molecule has 1 N–H and O–H groups in total. The van der Waals surface area contributed by atoms with Crippen LogP contribution in [0.4, 0.5) is 18.9 Å². The van der Waals surface area contributed by atoms with Gasteiger partial charge in [-0.2, -0.15) is 13.2 Å². The van der Waals surface area contributed by atoms with Crippen LogP contribution in [0.25, 0.3) is 0 Å². The standard InChI is InChI=1S/C12H9F3N2O2/c1-7-6-16-11(19-7)10(18)17-9-4-2-8(3-5-9)12(13,14)15/h2-6H,1H3,(H,17,18). The summed E-state index contributed by atoms with van der Waals surface area (Å²) in [4.78, 5) is 15.3. The molecule has 1 heterocycles. The summed E-state index contributed by atoms with van der Waals surface area (Å²) in [7, 11) is 0. The Balaban J connectivity index is 2.10. The number of halogens is 3. The van der Waals surface area contributed by atoms with E-state index in [2.05, 4.69) is 10.3 Å². The average molecular weight is 270 g/mol. The molecular weight excluding hydrogens is 261 g/mol. The topological polar surface area (TPSA) is 55.1 Å². The van der Waals surface area contributed by atoms with Crippen molar-refractivity contribution in [2.24, 2.45) is 0 Å². The maximum atomic E-state index is 12.3. The van der Waals surface area contributed by atoms with Crippen molar-refractivity contribution in [3.8, 4) is 0 Å². The highest BCUT2D eigenvalue weighted by molar-refractivity contribution is 6.00. The molecule has 0 bridgehead atoms. The van der Waals surface area contributed by atoms with E-state index >= 15 is 0 Å². The van der Waals surface area contributed by atoms with Crippen LogP contribution in [0.1, 0.15) is 22.0 Å². The lowest BCUT2D eigenvalue weighted by atomic mass is 10.2. The number of amides is 1. The number of carbonyl (C=O) groups excluding carboxylic acids is 1. The fourth-order valence-corrected chi connectivity index (χ4v) is 1.39. The van der Waals surface area contributed by atoms with Crippen LogP contribution in [0.3, 0.4) is 0 Å². The van der Waals surface area contributed by atoms with E-state index in [0.717, 1.165) is 24.3 Å². The van der Waals surface area contributed by atoms with E-state index in [1.165, 1.54) is 6.20 Å². The summed E-state index contributed by atoms with van der Waals surface area (Å²) < 4.78 is 42.0. The van der Waals surface area contributed by atoms with Gasteiger partial charge in [0.05, 0.1) is 11.8 Å². The predicted molar refractivity (Wildman–Crippen MR) is 60.6 cm³/mol. The minimum atomic E-state index is -4.40. The van der Waals surface area contributed by atoms with Gasteiger partial charge in [0.1, 0.15) is 5.76 Å². The number of hydrogen-bond donors (Lipinski definition) is 1. The molecule has 0 saturated heterocycles. The molecular formula is C12H9F3N2O2. The van der Waals surface area contributed by atoms with E-state index < -0.39 is 17.6 Å². The van der Waals surface area contributed by atoms with Crippen LogP contribution in [-0.2, 0) is 6.18 Å². The summed E-state index contributed by atoms with van der Waals surface area (Å²) >= 11 is 0. The van der Waals surface area contributed by atoms with Crippen molar-refractivity contribution in [3.63, 3.8) is 0 Å². The van der Waals surface area contributed by atoms with E-state index in [-0.39, 0.29) is 11.6 Å². The first-order valence-corrected chi connectivity index (χ1v) is 5.27. The monoisotopic (exact) mass is 270 g/mol. The molecule has 100 valence electrons. The van der Waals surface area contributed by atoms with Crippen LogP contribution >= 0.6 is 0 Å². The van der Waals surface area contributed by atoms with Gasteiger partial charge in [0.15, 0.2) is 0 Å². The van der Waals surface area contributed by atoms with Gasteiger partial charge >= 0.3 is 12.1 Å². The summed E-state index contributed by atoms with van der Waals surface area (Å²) in [6, 6.07) is 4.10. The summed E-state index contributed by atoms with van der Waals surface area (Å²) in [5.41, 5.74) is -0.550. The van der Waals surface area contributed by atoms with Crippen LogP contribution in [0.5, 0.6) is 0 Å². The summed E-state index contributed by atoms with van der Waals surface area (Å²) in [5.74, 6) is -0.289. The molecule has 0 aliphatic carbocycles. The molecule has 1 amide bonds. The fourth-order valence-electron chi connectivity index (χ4n) is 1.39. The number of oxazole rings is 1. The molecule has 1 aromatic carbocycles. The molecule has 0 radical (unpaired) electrons. The lowest BCUT2D eigenvalue weighted by molar-refractivity contribution is -0.137. The van der Waals surface area contributed by atoms with Crippen molar-refractivity contribution >= 4 is 11.6 Å². The van der Waals surface area contributed by atoms with Crippen LogP contribution < -0.4 is 5.32 Å². The second-order valence-corrected chi connectivity index (χ2v) is 3.81. The number of alkyl halides is 3. The molecule has 0 spiro atoms. The third-order valence-electron chi connectivity index (χ3n) is 2.29. The molecule has 0 aliphatic heterocycles. The van der Waals surface area contributed by atoms with Gasteiger partial charge in [-0.3, -0.25) is 4.79 Å². The molecule has 0 saturated carbocycles. The largest absolute Gasteiger partial charge is 0.438 e. The van der Waals surface area contributed by atoms with Gasteiger partial charge in [0.25, 0.3) is 5.89 Å². The first-order chi connectivity index (χ1) is 8.86. The molecule has 1 aromatic heterocycles. The van der Waals surface area contributed by atoms with E-state index in [4.69, 9.17) is 4.42 Å². The van der Waals surface area contributed by atoms with Crippen molar-refractivity contribution in [2.45, 2.75) is 13.1 Å². The Hall–Kier alpha value is -2.31. The molecule has 2 rings (SSSR count). The SMILES string of the molecule is Cc1cnc(C(=O)Nc2ccc(C(F)(F)F)cc2)o1. The average Bonchev–Trinajstić information content (AvgIpc) is 2.75. The lowest BCUT2D eigenvalue weighted by Crippen LogP contribution is -2.12. The number of benzene rings is 1. The number of nitrogens with one attached hydrogen (secondary N) is 1. The van der Waals surface area contributed by atoms with Gasteiger partial charge in [-0.25, -0.2) is 4.98 Å². The van der Waals surface area contributed by atoms with Crippen LogP contribution in [0, 0.1) is 6.92 Å². The number of aryl methyl sites for hydroxylation is 1. The van der Waals surface area contributed by atoms with E-state index in [1.807, 2.05) is 0 Å². The maximum absolute atomic E-state index is 12.3. The van der Waals surface area contributed by atoms with Crippen molar-refractivity contribution < 1.29 is 22.4 Å². The molecule has 4 nitrogen and oxygen atoms in total. The number of carbonyl (C=O) groups is 1. The minimum Gasteiger partial charge on any atom is -0.438 e. The summed E-state index contributed by atoms with van der Waals surface area (Å²) in [5, 5.41) is 2.39. The van der Waals surface area contributed by atoms with Crippen LogP contribution in [0.2, 0.25) is 0 Å². The molecule has 0 fully saturated rings. The highest BCUT2D eigenvalue weighted by Crippen LogP contribution is 2.29. The van der Waals surface area contributed by atoms with Crippen molar-refractivity contribution in [1.29, 1.82) is 0 Å². The number of nitrogens with zero attached hydrogens (tertiary/aromatic N) is 1. The molecule has 0 atom stereocenters. The zero-order valence-electron chi connectivity index (χ0n) is 9.78. The molecule has 0 unspecified atom stereocenters. The fraction of sp³-hybridized carbons (Fsp3) is 0.167. The Labute approximate surface area is 106 Å². The van der Waals surface area contributed by atoms with Gasteiger partial charge < -0.3 is 9.73 Å². The minimum absolute atomic E-state index is 0.141. The molecule has 7 heteroatoms. The van der Waals surface area contributed by atoms with E-state index in [1.54, 1.807) is 6.92 Å². The first-order valence-electron chi connectivity index (χ1n) is 5.27. The van der Waals surface area contributed by atoms with Gasteiger partial charge in [-0.05, 0) is 31.2 Å². The normalized spacial score (nSPS) is 11.4. The summed E-state index contributed by atoms with van der Waals surface area (Å²) in [6.07, 6.45) is -3.02. The third kappa shape index (κ3) is 3.12. The molecule has 0 aliphatic rings. The Bertz CT molecular complexity index is 588. The highest BCUT2D eigenvalue weighted by Gasteiger charge is 2.30. The van der Waals surface area contributed by atoms with E-state index in [0.29, 0.717) is 5.76 Å². The Morgan fingerprint density at radius 2 is 1.89 bits per heavy atom. The Morgan fingerprint density at radius 3 is 2.37 bits per heavy atom. The summed E-state index contributed by atoms with van der Waals surface area (Å²) in [6.45, 7) is 1.63. The maximum Gasteiger partial charge on any atom is 0.416 e. The predicted octanol–water partition coefficient (Wildman–Crippen LogP) is 3.25. The van der Waals surface area contributed by atoms with E-state index in [9.17, 15) is 18.0 Å². The third-order valence-corrected chi connectivity index (χ3v) is 2.29. The number of aromatic nitrogens is 1. The Morgan fingerprint density at radius 1 is 1.26 bits per heavy atom. The highest BCUT2D eigenvalue weighted by atomic mass is 19.4. The smallest absolute Gasteiger partial charge is 0.416 e. The van der Waals surface area contributed by atoms with Crippen molar-refractivity contribution in [1.82, 2.24) is 4.98 Å².